The Labute approximate surface area is 243 Å². The van der Waals surface area contributed by atoms with Crippen molar-refractivity contribution in [3.63, 3.8) is 0 Å². The van der Waals surface area contributed by atoms with E-state index < -0.39 is 0 Å². The van der Waals surface area contributed by atoms with Crippen molar-refractivity contribution in [2.45, 2.75) is 121 Å². The fourth-order valence-corrected chi connectivity index (χ4v) is 11.8. The lowest BCUT2D eigenvalue weighted by Crippen LogP contribution is -2.49. The molecule has 6 fully saturated rings. The number of rotatable bonds is 14. The number of hydrogen-bond acceptors (Lipinski definition) is 3. The van der Waals surface area contributed by atoms with Crippen LogP contribution in [0.5, 0.6) is 5.75 Å². The first-order valence-electron chi connectivity index (χ1n) is 16.8. The molecule has 0 aromatic heterocycles. The summed E-state index contributed by atoms with van der Waals surface area (Å²) in [7, 11) is 1.77. The molecular weight excluding hydrogens is 496 g/mol. The molecule has 6 bridgehead atoms. The number of benzene rings is 1. The van der Waals surface area contributed by atoms with Crippen LogP contribution in [-0.4, -0.2) is 18.6 Å². The molecule has 39 heavy (non-hydrogen) atoms. The molecule has 2 nitrogen and oxygen atoms in total. The van der Waals surface area contributed by atoms with Crippen LogP contribution in [0, 0.1) is 52.8 Å². The Morgan fingerprint density at radius 1 is 0.923 bits per heavy atom. The Morgan fingerprint density at radius 3 is 2.26 bits per heavy atom. The van der Waals surface area contributed by atoms with Crippen molar-refractivity contribution in [3.05, 3.63) is 24.3 Å². The summed E-state index contributed by atoms with van der Waals surface area (Å²) in [5.74, 6) is 10.3. The lowest BCUT2D eigenvalue weighted by molar-refractivity contribution is -0.144. The third-order valence-electron chi connectivity index (χ3n) is 12.1. The first-order valence-corrected chi connectivity index (χ1v) is 17.8. The average molecular weight is 551 g/mol. The van der Waals surface area contributed by atoms with E-state index in [-0.39, 0.29) is 5.41 Å². The van der Waals surface area contributed by atoms with Crippen molar-refractivity contribution in [2.75, 3.05) is 12.9 Å². The fraction of sp³-hybridized carbons (Fsp3) is 0.806. The molecule has 0 spiro atoms. The number of Topliss-reactive ketones (excluding diaryl/α,β-unsaturated/α-hetero) is 1. The van der Waals surface area contributed by atoms with Gasteiger partial charge in [0.15, 0.2) is 0 Å². The van der Waals surface area contributed by atoms with E-state index in [1.54, 1.807) is 7.11 Å². The topological polar surface area (TPSA) is 26.3 Å². The van der Waals surface area contributed by atoms with E-state index in [0.29, 0.717) is 5.78 Å². The van der Waals surface area contributed by atoms with Crippen molar-refractivity contribution >= 4 is 17.5 Å². The summed E-state index contributed by atoms with van der Waals surface area (Å²) in [6, 6.07) is 8.43. The van der Waals surface area contributed by atoms with Crippen LogP contribution in [0.15, 0.2) is 29.2 Å². The average Bonchev–Trinajstić information content (AvgIpc) is 3.16. The molecular formula is C36H54O2S. The van der Waals surface area contributed by atoms with Gasteiger partial charge < -0.3 is 4.74 Å². The van der Waals surface area contributed by atoms with Gasteiger partial charge in [0.1, 0.15) is 11.5 Å². The summed E-state index contributed by atoms with van der Waals surface area (Å²) >= 11 is 1.96. The highest BCUT2D eigenvalue weighted by Crippen LogP contribution is 2.60. The number of carbonyl (C=O) groups is 1. The van der Waals surface area contributed by atoms with E-state index in [2.05, 4.69) is 31.2 Å². The SMILES string of the molecule is COc1ccccc1SC[C@@H](C)CCC[C@H]1[C@@H]2CC[C@H]1C[C@H](CCCCC(=O)C13CC4CC(CC(C4)C1)C3)C2. The summed E-state index contributed by atoms with van der Waals surface area (Å²) in [4.78, 5) is 14.7. The highest BCUT2D eigenvalue weighted by Gasteiger charge is 2.53. The minimum atomic E-state index is 0.135. The lowest BCUT2D eigenvalue weighted by atomic mass is 9.48. The quantitative estimate of drug-likeness (QED) is 0.170. The van der Waals surface area contributed by atoms with Gasteiger partial charge >= 0.3 is 0 Å². The van der Waals surface area contributed by atoms with E-state index >= 15 is 0 Å². The number of carbonyl (C=O) groups excluding carboxylic acids is 1. The Morgan fingerprint density at radius 2 is 1.59 bits per heavy atom. The maximum absolute atomic E-state index is 13.4. The van der Waals surface area contributed by atoms with Crippen LogP contribution >= 0.6 is 11.8 Å². The van der Waals surface area contributed by atoms with Crippen LogP contribution in [0.2, 0.25) is 0 Å². The van der Waals surface area contributed by atoms with Crippen molar-refractivity contribution in [3.8, 4) is 5.75 Å². The lowest BCUT2D eigenvalue weighted by Gasteiger charge is -2.56. The van der Waals surface area contributed by atoms with Crippen molar-refractivity contribution in [1.82, 2.24) is 0 Å². The number of para-hydroxylation sites is 1. The van der Waals surface area contributed by atoms with E-state index in [1.165, 1.54) is 113 Å². The van der Waals surface area contributed by atoms with E-state index in [1.807, 2.05) is 11.8 Å². The number of hydrogen-bond donors (Lipinski definition) is 0. The summed E-state index contributed by atoms with van der Waals surface area (Å²) < 4.78 is 5.53. The molecule has 3 heteroatoms. The molecule has 0 radical (unpaired) electrons. The van der Waals surface area contributed by atoms with Gasteiger partial charge in [0.25, 0.3) is 0 Å². The predicted molar refractivity (Wildman–Crippen MR) is 163 cm³/mol. The monoisotopic (exact) mass is 550 g/mol. The molecule has 0 amide bonds. The molecule has 1 aromatic carbocycles. The first kappa shape index (κ1) is 28.2. The Bertz CT molecular complexity index is 921. The Hall–Kier alpha value is -0.960. The first-order chi connectivity index (χ1) is 19.0. The smallest absolute Gasteiger partial charge is 0.139 e. The zero-order valence-corrected chi connectivity index (χ0v) is 25.7. The van der Waals surface area contributed by atoms with E-state index in [9.17, 15) is 4.79 Å². The second-order valence-electron chi connectivity index (χ2n) is 15.0. The molecule has 0 saturated heterocycles. The van der Waals surface area contributed by atoms with Gasteiger partial charge in [-0.2, -0.15) is 0 Å². The van der Waals surface area contributed by atoms with Crippen LogP contribution < -0.4 is 4.74 Å². The largest absolute Gasteiger partial charge is 0.496 e. The minimum Gasteiger partial charge on any atom is -0.496 e. The maximum atomic E-state index is 13.4. The molecule has 0 N–H and O–H groups in total. The highest BCUT2D eigenvalue weighted by molar-refractivity contribution is 7.99. The number of ketones is 1. The molecule has 0 unspecified atom stereocenters. The van der Waals surface area contributed by atoms with Gasteiger partial charge in [-0.1, -0.05) is 38.3 Å². The zero-order chi connectivity index (χ0) is 26.8. The molecule has 0 aliphatic heterocycles. The number of methoxy groups -OCH3 is 1. The van der Waals surface area contributed by atoms with Crippen LogP contribution in [-0.2, 0) is 4.79 Å². The van der Waals surface area contributed by atoms with Crippen LogP contribution in [0.4, 0.5) is 0 Å². The number of ether oxygens (including phenoxy) is 1. The Kier molecular flexibility index (Phi) is 9.03. The molecule has 216 valence electrons. The third-order valence-corrected chi connectivity index (χ3v) is 13.5. The molecule has 0 heterocycles. The number of thioether (sulfide) groups is 1. The minimum absolute atomic E-state index is 0.135. The van der Waals surface area contributed by atoms with Crippen LogP contribution in [0.3, 0.4) is 0 Å². The summed E-state index contributed by atoms with van der Waals surface area (Å²) in [6.45, 7) is 2.43. The summed E-state index contributed by atoms with van der Waals surface area (Å²) in [6.07, 6.45) is 23.0. The molecule has 7 rings (SSSR count). The molecule has 6 saturated carbocycles. The normalized spacial score (nSPS) is 37.2. The standard InChI is InChI=1S/C36H54O2S/c1-25(24-39-34-12-5-4-11-33(34)38-2)8-7-10-32-30-14-15-31(32)20-26(19-30)9-3-6-13-35(37)36-21-27-16-28(22-36)18-29(17-27)23-36/h4-5,11-12,25-32H,3,6-10,13-24H2,1-2H3/t25-,26-,27?,28?,29?,30-,31+,32+,36?/m0/s1. The second-order valence-corrected chi connectivity index (χ2v) is 16.0. The van der Waals surface area contributed by atoms with E-state index in [4.69, 9.17) is 4.74 Å². The summed E-state index contributed by atoms with van der Waals surface area (Å²) in [5.41, 5.74) is 0.135. The summed E-state index contributed by atoms with van der Waals surface area (Å²) in [5, 5.41) is 0. The van der Waals surface area contributed by atoms with Crippen molar-refractivity contribution in [2.24, 2.45) is 52.8 Å². The van der Waals surface area contributed by atoms with Crippen molar-refractivity contribution < 1.29 is 9.53 Å². The van der Waals surface area contributed by atoms with Gasteiger partial charge in [0, 0.05) is 22.5 Å². The third kappa shape index (κ3) is 6.44. The molecule has 6 aliphatic rings. The van der Waals surface area contributed by atoms with Gasteiger partial charge in [-0.05, 0) is 143 Å². The second kappa shape index (κ2) is 12.5. The maximum Gasteiger partial charge on any atom is 0.139 e. The molecule has 5 atom stereocenters. The Balaban J connectivity index is 0.871. The number of unbranched alkanes of at least 4 members (excludes halogenated alkanes) is 1. The van der Waals surface area contributed by atoms with Gasteiger partial charge in [-0.3, -0.25) is 4.79 Å². The van der Waals surface area contributed by atoms with Gasteiger partial charge in [0.2, 0.25) is 0 Å². The fourth-order valence-electron chi connectivity index (χ4n) is 10.7. The highest BCUT2D eigenvalue weighted by atomic mass is 32.2. The van der Waals surface area contributed by atoms with Crippen LogP contribution in [0.25, 0.3) is 0 Å². The van der Waals surface area contributed by atoms with Gasteiger partial charge in [-0.25, -0.2) is 0 Å². The van der Waals surface area contributed by atoms with Crippen LogP contribution in [0.1, 0.15) is 116 Å². The molecule has 1 aromatic rings. The van der Waals surface area contributed by atoms with Gasteiger partial charge in [-0.15, -0.1) is 11.8 Å². The van der Waals surface area contributed by atoms with Gasteiger partial charge in [0.05, 0.1) is 7.11 Å². The molecule has 6 aliphatic carbocycles. The van der Waals surface area contributed by atoms with E-state index in [0.717, 1.165) is 59.5 Å². The predicted octanol–water partition coefficient (Wildman–Crippen LogP) is 9.99. The van der Waals surface area contributed by atoms with Crippen molar-refractivity contribution in [1.29, 1.82) is 0 Å². The number of fused-ring (bicyclic) bond motifs is 2. The zero-order valence-electron chi connectivity index (χ0n) is 24.9.